The van der Waals surface area contributed by atoms with E-state index < -0.39 is 11.7 Å². The summed E-state index contributed by atoms with van der Waals surface area (Å²) in [5.41, 5.74) is -0.672. The molecule has 0 spiro atoms. The molecule has 0 amide bonds. The second-order valence-electron chi connectivity index (χ2n) is 4.79. The molecule has 96 valence electrons. The second kappa shape index (κ2) is 4.52. The van der Waals surface area contributed by atoms with E-state index in [2.05, 4.69) is 12.2 Å². The number of rotatable bonds is 2. The molecule has 0 radical (unpaired) electrons. The molecule has 0 atom stereocenters. The van der Waals surface area contributed by atoms with Gasteiger partial charge in [0.2, 0.25) is 0 Å². The van der Waals surface area contributed by atoms with Crippen LogP contribution < -0.4 is 5.32 Å². The van der Waals surface area contributed by atoms with Gasteiger partial charge in [0.05, 0.1) is 17.2 Å². The molecule has 0 unspecified atom stereocenters. The third kappa shape index (κ3) is 2.58. The quantitative estimate of drug-likeness (QED) is 0.871. The minimum atomic E-state index is -4.44. The molecule has 1 aromatic carbocycles. The first-order chi connectivity index (χ1) is 8.40. The lowest BCUT2D eigenvalue weighted by Gasteiger charge is -2.34. The van der Waals surface area contributed by atoms with Crippen LogP contribution in [0, 0.1) is 17.2 Å². The maximum Gasteiger partial charge on any atom is 0.418 e. The van der Waals surface area contributed by atoms with Crippen molar-refractivity contribution in [3.8, 4) is 6.07 Å². The summed E-state index contributed by atoms with van der Waals surface area (Å²) < 4.78 is 38.6. The molecule has 2 nitrogen and oxygen atoms in total. The van der Waals surface area contributed by atoms with Crippen molar-refractivity contribution in [3.63, 3.8) is 0 Å². The Kier molecular flexibility index (Phi) is 3.20. The lowest BCUT2D eigenvalue weighted by atomic mass is 9.81. The summed E-state index contributed by atoms with van der Waals surface area (Å²) in [5, 5.41) is 11.6. The van der Waals surface area contributed by atoms with E-state index in [0.29, 0.717) is 5.92 Å². The van der Waals surface area contributed by atoms with Crippen LogP contribution in [0.3, 0.4) is 0 Å². The van der Waals surface area contributed by atoms with Crippen LogP contribution in [0.25, 0.3) is 0 Å². The van der Waals surface area contributed by atoms with Crippen molar-refractivity contribution in [2.75, 3.05) is 5.32 Å². The molecular formula is C13H13F3N2. The van der Waals surface area contributed by atoms with Crippen LogP contribution in [-0.4, -0.2) is 6.04 Å². The number of nitriles is 1. The third-order valence-electron chi connectivity index (χ3n) is 3.19. The number of hydrogen-bond donors (Lipinski definition) is 1. The van der Waals surface area contributed by atoms with Gasteiger partial charge < -0.3 is 5.32 Å². The molecule has 1 saturated carbocycles. The molecule has 0 aromatic heterocycles. The van der Waals surface area contributed by atoms with E-state index in [1.54, 1.807) is 6.07 Å². The summed E-state index contributed by atoms with van der Waals surface area (Å²) in [6.07, 6.45) is -2.67. The number of anilines is 1. The zero-order chi connectivity index (χ0) is 13.3. The Morgan fingerprint density at radius 2 is 2.00 bits per heavy atom. The Balaban J connectivity index is 2.26. The number of halogens is 3. The maximum absolute atomic E-state index is 12.9. The lowest BCUT2D eigenvalue weighted by molar-refractivity contribution is -0.137. The highest BCUT2D eigenvalue weighted by Gasteiger charge is 2.35. The zero-order valence-corrected chi connectivity index (χ0v) is 9.88. The van der Waals surface area contributed by atoms with Gasteiger partial charge in [-0.1, -0.05) is 6.92 Å². The fourth-order valence-electron chi connectivity index (χ4n) is 2.21. The fraction of sp³-hybridized carbons (Fsp3) is 0.462. The van der Waals surface area contributed by atoms with Crippen molar-refractivity contribution < 1.29 is 13.2 Å². The summed E-state index contributed by atoms with van der Waals surface area (Å²) in [4.78, 5) is 0. The van der Waals surface area contributed by atoms with E-state index in [1.807, 2.05) is 0 Å². The summed E-state index contributed by atoms with van der Waals surface area (Å²) in [6.45, 7) is 2.07. The highest BCUT2D eigenvalue weighted by atomic mass is 19.4. The average molecular weight is 254 g/mol. The molecule has 1 N–H and O–H groups in total. The van der Waals surface area contributed by atoms with Gasteiger partial charge in [-0.2, -0.15) is 18.4 Å². The molecule has 0 heterocycles. The average Bonchev–Trinajstić information content (AvgIpc) is 2.26. The third-order valence-corrected chi connectivity index (χ3v) is 3.19. The Hall–Kier alpha value is -1.70. The first kappa shape index (κ1) is 12.7. The number of benzene rings is 1. The SMILES string of the molecule is CC1CC(Nc2ccc(C#N)cc2C(F)(F)F)C1. The second-order valence-corrected chi connectivity index (χ2v) is 4.79. The molecule has 0 bridgehead atoms. The van der Waals surface area contributed by atoms with Gasteiger partial charge in [0, 0.05) is 11.7 Å². The minimum Gasteiger partial charge on any atom is -0.382 e. The Labute approximate surface area is 103 Å². The first-order valence-electron chi connectivity index (χ1n) is 5.78. The van der Waals surface area contributed by atoms with Gasteiger partial charge in [-0.25, -0.2) is 0 Å². The molecule has 1 fully saturated rings. The molecule has 1 aromatic rings. The van der Waals surface area contributed by atoms with Gasteiger partial charge in [-0.15, -0.1) is 0 Å². The van der Waals surface area contributed by atoms with Crippen LogP contribution in [0.4, 0.5) is 18.9 Å². The molecule has 1 aliphatic rings. The van der Waals surface area contributed by atoms with Crippen LogP contribution in [0.15, 0.2) is 18.2 Å². The van der Waals surface area contributed by atoms with E-state index in [4.69, 9.17) is 5.26 Å². The van der Waals surface area contributed by atoms with Crippen molar-refractivity contribution >= 4 is 5.69 Å². The number of nitrogens with one attached hydrogen (secondary N) is 1. The maximum atomic E-state index is 12.9. The van der Waals surface area contributed by atoms with Crippen molar-refractivity contribution in [2.45, 2.75) is 32.0 Å². The van der Waals surface area contributed by atoms with Crippen LogP contribution >= 0.6 is 0 Å². The Morgan fingerprint density at radius 1 is 1.33 bits per heavy atom. The van der Waals surface area contributed by atoms with Gasteiger partial charge in [0.15, 0.2) is 0 Å². The predicted molar refractivity (Wildman–Crippen MR) is 62.0 cm³/mol. The largest absolute Gasteiger partial charge is 0.418 e. The summed E-state index contributed by atoms with van der Waals surface area (Å²) in [7, 11) is 0. The first-order valence-corrected chi connectivity index (χ1v) is 5.78. The normalized spacial score (nSPS) is 23.1. The van der Waals surface area contributed by atoms with E-state index in [1.165, 1.54) is 12.1 Å². The van der Waals surface area contributed by atoms with Gasteiger partial charge in [0.25, 0.3) is 0 Å². The highest BCUT2D eigenvalue weighted by Crippen LogP contribution is 2.38. The Morgan fingerprint density at radius 3 is 2.50 bits per heavy atom. The molecule has 0 saturated heterocycles. The van der Waals surface area contributed by atoms with Gasteiger partial charge in [-0.05, 0) is 37.0 Å². The van der Waals surface area contributed by atoms with Crippen LogP contribution in [-0.2, 0) is 6.18 Å². The van der Waals surface area contributed by atoms with E-state index in [-0.39, 0.29) is 17.3 Å². The highest BCUT2D eigenvalue weighted by molar-refractivity contribution is 5.56. The predicted octanol–water partition coefficient (Wildman–Crippen LogP) is 3.79. The monoisotopic (exact) mass is 254 g/mol. The molecule has 5 heteroatoms. The molecule has 1 aliphatic carbocycles. The summed E-state index contributed by atoms with van der Waals surface area (Å²) in [6, 6.07) is 5.47. The molecular weight excluding hydrogens is 241 g/mol. The zero-order valence-electron chi connectivity index (χ0n) is 9.88. The van der Waals surface area contributed by atoms with Gasteiger partial charge >= 0.3 is 6.18 Å². The van der Waals surface area contributed by atoms with E-state index >= 15 is 0 Å². The van der Waals surface area contributed by atoms with Crippen molar-refractivity contribution in [2.24, 2.45) is 5.92 Å². The topological polar surface area (TPSA) is 35.8 Å². The number of hydrogen-bond acceptors (Lipinski definition) is 2. The van der Waals surface area contributed by atoms with Crippen molar-refractivity contribution in [1.82, 2.24) is 0 Å². The summed E-state index contributed by atoms with van der Waals surface area (Å²) >= 11 is 0. The van der Waals surface area contributed by atoms with Crippen LogP contribution in [0.5, 0.6) is 0 Å². The van der Waals surface area contributed by atoms with E-state index in [9.17, 15) is 13.2 Å². The smallest absolute Gasteiger partial charge is 0.382 e. The Bertz CT molecular complexity index is 482. The van der Waals surface area contributed by atoms with Crippen molar-refractivity contribution in [3.05, 3.63) is 29.3 Å². The van der Waals surface area contributed by atoms with Crippen LogP contribution in [0.1, 0.15) is 30.9 Å². The minimum absolute atomic E-state index is 0.0230. The van der Waals surface area contributed by atoms with Crippen molar-refractivity contribution in [1.29, 1.82) is 5.26 Å². The molecule has 0 aliphatic heterocycles. The number of nitrogens with zero attached hydrogens (tertiary/aromatic N) is 1. The van der Waals surface area contributed by atoms with Gasteiger partial charge in [0.1, 0.15) is 0 Å². The number of alkyl halides is 3. The lowest BCUT2D eigenvalue weighted by Crippen LogP contribution is -2.34. The standard InChI is InChI=1S/C13H13F3N2/c1-8-4-10(5-8)18-12-3-2-9(7-17)6-11(12)13(14,15)16/h2-3,6,8,10,18H,4-5H2,1H3. The fourth-order valence-corrected chi connectivity index (χ4v) is 2.21. The summed E-state index contributed by atoms with van der Waals surface area (Å²) in [5.74, 6) is 0.565. The van der Waals surface area contributed by atoms with Crippen LogP contribution in [0.2, 0.25) is 0 Å². The molecule has 18 heavy (non-hydrogen) atoms. The van der Waals surface area contributed by atoms with Gasteiger partial charge in [-0.3, -0.25) is 0 Å². The molecule has 2 rings (SSSR count). The van der Waals surface area contributed by atoms with E-state index in [0.717, 1.165) is 18.9 Å².